The molecular weight excluding hydrogens is 308 g/mol. The Balaban J connectivity index is 2.31. The number of alkyl halides is 2. The van der Waals surface area contributed by atoms with Gasteiger partial charge in [-0.3, -0.25) is 4.79 Å². The predicted molar refractivity (Wildman–Crippen MR) is 79.9 cm³/mol. The Morgan fingerprint density at radius 2 is 2.00 bits per heavy atom. The van der Waals surface area contributed by atoms with Gasteiger partial charge in [0, 0.05) is 5.69 Å². The highest BCUT2D eigenvalue weighted by Crippen LogP contribution is 2.33. The first kappa shape index (κ1) is 16.7. The third kappa shape index (κ3) is 4.17. The minimum atomic E-state index is -3.09. The van der Waals surface area contributed by atoms with Gasteiger partial charge in [-0.1, -0.05) is 18.2 Å². The molecule has 2 rings (SSSR count). The lowest BCUT2D eigenvalue weighted by Crippen LogP contribution is -2.15. The van der Waals surface area contributed by atoms with Crippen molar-refractivity contribution >= 4 is 11.6 Å². The van der Waals surface area contributed by atoms with Crippen LogP contribution >= 0.6 is 0 Å². The van der Waals surface area contributed by atoms with Gasteiger partial charge in [0.15, 0.2) is 11.5 Å². The number of aliphatic hydroxyl groups excluding tert-OH is 1. The summed E-state index contributed by atoms with van der Waals surface area (Å²) in [6.07, 6.45) is 0. The second kappa shape index (κ2) is 7.55. The van der Waals surface area contributed by atoms with Crippen LogP contribution in [0, 0.1) is 0 Å². The van der Waals surface area contributed by atoms with E-state index in [1.165, 1.54) is 25.3 Å². The molecule has 0 saturated carbocycles. The van der Waals surface area contributed by atoms with Crippen LogP contribution in [-0.2, 0) is 6.61 Å². The molecule has 0 aliphatic rings. The van der Waals surface area contributed by atoms with E-state index in [-0.39, 0.29) is 23.7 Å². The highest BCUT2D eigenvalue weighted by molar-refractivity contribution is 6.06. The van der Waals surface area contributed by atoms with Crippen molar-refractivity contribution in [3.8, 4) is 11.5 Å². The van der Waals surface area contributed by atoms with Gasteiger partial charge in [0.1, 0.15) is 0 Å². The average molecular weight is 323 g/mol. The number of hydrogen-bond acceptors (Lipinski definition) is 4. The summed E-state index contributed by atoms with van der Waals surface area (Å²) in [7, 11) is 1.29. The summed E-state index contributed by atoms with van der Waals surface area (Å²) in [6, 6.07) is 10.8. The van der Waals surface area contributed by atoms with Crippen LogP contribution in [0.4, 0.5) is 14.5 Å². The fraction of sp³-hybridized carbons (Fsp3) is 0.188. The first-order valence-corrected chi connectivity index (χ1v) is 6.68. The van der Waals surface area contributed by atoms with E-state index in [1.807, 2.05) is 0 Å². The van der Waals surface area contributed by atoms with Gasteiger partial charge in [0.25, 0.3) is 5.91 Å². The monoisotopic (exact) mass is 323 g/mol. The molecule has 0 unspecified atom stereocenters. The summed E-state index contributed by atoms with van der Waals surface area (Å²) in [5, 5.41) is 11.7. The van der Waals surface area contributed by atoms with Gasteiger partial charge in [-0.25, -0.2) is 0 Å². The summed E-state index contributed by atoms with van der Waals surface area (Å²) in [4.78, 5) is 12.3. The van der Waals surface area contributed by atoms with E-state index in [0.29, 0.717) is 11.3 Å². The van der Waals surface area contributed by atoms with Gasteiger partial charge in [-0.15, -0.1) is 0 Å². The second-order valence-corrected chi connectivity index (χ2v) is 4.53. The van der Waals surface area contributed by atoms with E-state index in [1.54, 1.807) is 24.3 Å². The Bertz CT molecular complexity index is 692. The lowest BCUT2D eigenvalue weighted by molar-refractivity contribution is -0.0515. The Kier molecular flexibility index (Phi) is 5.48. The number of carbonyl (C=O) groups excluding carboxylic acids is 1. The Morgan fingerprint density at radius 3 is 2.65 bits per heavy atom. The number of aliphatic hydroxyl groups is 1. The van der Waals surface area contributed by atoms with Crippen molar-refractivity contribution < 1.29 is 28.2 Å². The highest BCUT2D eigenvalue weighted by Gasteiger charge is 2.20. The van der Waals surface area contributed by atoms with E-state index in [9.17, 15) is 13.6 Å². The van der Waals surface area contributed by atoms with Crippen molar-refractivity contribution in [2.75, 3.05) is 12.4 Å². The van der Waals surface area contributed by atoms with Crippen LogP contribution in [0.15, 0.2) is 42.5 Å². The van der Waals surface area contributed by atoms with Crippen molar-refractivity contribution in [1.82, 2.24) is 0 Å². The van der Waals surface area contributed by atoms with Crippen LogP contribution in [0.3, 0.4) is 0 Å². The maximum absolute atomic E-state index is 12.6. The molecule has 0 aliphatic carbocycles. The first-order chi connectivity index (χ1) is 11.0. The molecule has 0 atom stereocenters. The summed E-state index contributed by atoms with van der Waals surface area (Å²) >= 11 is 0. The zero-order valence-electron chi connectivity index (χ0n) is 12.3. The maximum Gasteiger partial charge on any atom is 0.387 e. The minimum Gasteiger partial charge on any atom is -0.493 e. The number of halogens is 2. The van der Waals surface area contributed by atoms with Crippen molar-refractivity contribution in [2.24, 2.45) is 0 Å². The van der Waals surface area contributed by atoms with Gasteiger partial charge < -0.3 is 19.9 Å². The molecule has 2 aromatic carbocycles. The summed E-state index contributed by atoms with van der Waals surface area (Å²) in [6.45, 7) is -3.27. The third-order valence-corrected chi connectivity index (χ3v) is 3.02. The van der Waals surface area contributed by atoms with Gasteiger partial charge in [0.2, 0.25) is 0 Å². The van der Waals surface area contributed by atoms with Gasteiger partial charge in [-0.2, -0.15) is 8.78 Å². The van der Waals surface area contributed by atoms with Gasteiger partial charge in [-0.05, 0) is 29.8 Å². The number of amides is 1. The van der Waals surface area contributed by atoms with Gasteiger partial charge in [0.05, 0.1) is 19.3 Å². The molecule has 0 aliphatic heterocycles. The largest absolute Gasteiger partial charge is 0.493 e. The summed E-state index contributed by atoms with van der Waals surface area (Å²) in [5.74, 6) is -0.933. The number of anilines is 1. The molecule has 0 fully saturated rings. The number of rotatable bonds is 6. The van der Waals surface area contributed by atoms with Gasteiger partial charge >= 0.3 is 6.61 Å². The van der Waals surface area contributed by atoms with E-state index in [4.69, 9.17) is 9.84 Å². The molecule has 0 saturated heterocycles. The Hall–Kier alpha value is -2.67. The smallest absolute Gasteiger partial charge is 0.387 e. The van der Waals surface area contributed by atoms with Crippen molar-refractivity contribution in [3.63, 3.8) is 0 Å². The molecule has 0 bridgehead atoms. The number of carbonyl (C=O) groups is 1. The van der Waals surface area contributed by atoms with Crippen LogP contribution in [0.25, 0.3) is 0 Å². The third-order valence-electron chi connectivity index (χ3n) is 3.02. The molecule has 0 spiro atoms. The molecule has 2 N–H and O–H groups in total. The number of ether oxygens (including phenoxy) is 2. The molecule has 23 heavy (non-hydrogen) atoms. The van der Waals surface area contributed by atoms with Crippen LogP contribution < -0.4 is 14.8 Å². The fourth-order valence-corrected chi connectivity index (χ4v) is 2.01. The minimum absolute atomic E-state index is 0.0297. The molecular formula is C16H15F2NO4. The molecule has 0 aromatic heterocycles. The first-order valence-electron chi connectivity index (χ1n) is 6.68. The number of nitrogens with one attached hydrogen (secondary N) is 1. The summed E-state index contributed by atoms with van der Waals surface area (Å²) in [5.41, 5.74) is 0.948. The SMILES string of the molecule is COc1cccc(C(=O)Nc2cccc(CO)c2)c1OC(F)F. The van der Waals surface area contributed by atoms with E-state index in [0.717, 1.165) is 0 Å². The van der Waals surface area contributed by atoms with Crippen LogP contribution in [0.1, 0.15) is 15.9 Å². The van der Waals surface area contributed by atoms with E-state index >= 15 is 0 Å². The van der Waals surface area contributed by atoms with Crippen LogP contribution in [0.5, 0.6) is 11.5 Å². The average Bonchev–Trinajstić information content (AvgIpc) is 2.54. The standard InChI is InChI=1S/C16H15F2NO4/c1-22-13-7-3-6-12(14(13)23-16(17)18)15(21)19-11-5-2-4-10(8-11)9-20/h2-8,16,20H,9H2,1H3,(H,19,21). The van der Waals surface area contributed by atoms with Crippen molar-refractivity contribution in [2.45, 2.75) is 13.2 Å². The quantitative estimate of drug-likeness (QED) is 0.857. The maximum atomic E-state index is 12.6. The lowest BCUT2D eigenvalue weighted by Gasteiger charge is -2.14. The van der Waals surface area contributed by atoms with Crippen LogP contribution in [0.2, 0.25) is 0 Å². The fourth-order valence-electron chi connectivity index (χ4n) is 2.01. The second-order valence-electron chi connectivity index (χ2n) is 4.53. The van der Waals surface area contributed by atoms with Crippen molar-refractivity contribution in [3.05, 3.63) is 53.6 Å². The highest BCUT2D eigenvalue weighted by atomic mass is 19.3. The predicted octanol–water partition coefficient (Wildman–Crippen LogP) is 3.04. The molecule has 5 nitrogen and oxygen atoms in total. The summed E-state index contributed by atoms with van der Waals surface area (Å²) < 4.78 is 34.5. The molecule has 122 valence electrons. The molecule has 1 amide bonds. The number of benzene rings is 2. The number of para-hydroxylation sites is 1. The zero-order chi connectivity index (χ0) is 16.8. The van der Waals surface area contributed by atoms with E-state index < -0.39 is 12.5 Å². The molecule has 2 aromatic rings. The molecule has 0 radical (unpaired) electrons. The Labute approximate surface area is 131 Å². The topological polar surface area (TPSA) is 67.8 Å². The number of methoxy groups -OCH3 is 1. The van der Waals surface area contributed by atoms with E-state index in [2.05, 4.69) is 10.1 Å². The normalized spacial score (nSPS) is 10.5. The zero-order valence-corrected chi connectivity index (χ0v) is 12.3. The number of hydrogen-bond donors (Lipinski definition) is 2. The molecule has 7 heteroatoms. The Morgan fingerprint density at radius 1 is 1.26 bits per heavy atom. The lowest BCUT2D eigenvalue weighted by atomic mass is 10.1. The van der Waals surface area contributed by atoms with Crippen molar-refractivity contribution in [1.29, 1.82) is 0 Å². The molecule has 0 heterocycles. The van der Waals surface area contributed by atoms with Crippen LogP contribution in [-0.4, -0.2) is 24.7 Å².